The smallest absolute Gasteiger partial charge is 0.218 e. The summed E-state index contributed by atoms with van der Waals surface area (Å²) in [6.07, 6.45) is 0.944. The molecule has 33 heavy (non-hydrogen) atoms. The molecular formula is C26H29ClN4O2. The summed E-state index contributed by atoms with van der Waals surface area (Å²) in [6, 6.07) is 16.0. The molecule has 1 saturated heterocycles. The van der Waals surface area contributed by atoms with Crippen molar-refractivity contribution in [1.29, 1.82) is 0 Å². The normalized spacial score (nSPS) is 16.1. The van der Waals surface area contributed by atoms with E-state index in [9.17, 15) is 4.79 Å². The number of benzene rings is 2. The predicted molar refractivity (Wildman–Crippen MR) is 133 cm³/mol. The van der Waals surface area contributed by atoms with Crippen LogP contribution in [0.15, 0.2) is 48.5 Å². The fourth-order valence-corrected chi connectivity index (χ4v) is 4.75. The molecule has 3 N–H and O–H groups in total. The van der Waals surface area contributed by atoms with Gasteiger partial charge in [0.1, 0.15) is 0 Å². The van der Waals surface area contributed by atoms with E-state index in [4.69, 9.17) is 27.1 Å². The lowest BCUT2D eigenvalue weighted by Gasteiger charge is -2.18. The number of pyridine rings is 1. The Hall–Kier alpha value is -3.09. The number of hydrogen-bond donors (Lipinski definition) is 2. The van der Waals surface area contributed by atoms with Crippen LogP contribution in [0.5, 0.6) is 5.88 Å². The molecule has 1 aromatic heterocycles. The van der Waals surface area contributed by atoms with Crippen LogP contribution in [0.4, 0.5) is 5.69 Å². The van der Waals surface area contributed by atoms with Gasteiger partial charge in [0.05, 0.1) is 17.8 Å². The number of ether oxygens (including phenoxy) is 1. The molecule has 0 aliphatic carbocycles. The number of anilines is 1. The van der Waals surface area contributed by atoms with Crippen LogP contribution in [0.2, 0.25) is 5.02 Å². The lowest BCUT2D eigenvalue weighted by Crippen LogP contribution is -2.35. The summed E-state index contributed by atoms with van der Waals surface area (Å²) >= 11 is 6.87. The average molecular weight is 465 g/mol. The zero-order valence-electron chi connectivity index (χ0n) is 19.2. The zero-order chi connectivity index (χ0) is 23.5. The second-order valence-electron chi connectivity index (χ2n) is 8.47. The van der Waals surface area contributed by atoms with Crippen molar-refractivity contribution in [3.05, 3.63) is 64.7 Å². The van der Waals surface area contributed by atoms with Crippen molar-refractivity contribution in [3.8, 4) is 28.3 Å². The fraction of sp³-hybridized carbons (Fsp3) is 0.308. The van der Waals surface area contributed by atoms with E-state index in [0.717, 1.165) is 58.7 Å². The lowest BCUT2D eigenvalue weighted by molar-refractivity contribution is -0.119. The molecule has 0 saturated carbocycles. The fourth-order valence-electron chi connectivity index (χ4n) is 4.42. The van der Waals surface area contributed by atoms with E-state index in [1.165, 1.54) is 0 Å². The number of nitrogens with two attached hydrogens (primary N) is 1. The van der Waals surface area contributed by atoms with Gasteiger partial charge in [-0.3, -0.25) is 9.69 Å². The molecule has 7 heteroatoms. The number of nitrogens with zero attached hydrogens (tertiary/aromatic N) is 2. The maximum Gasteiger partial charge on any atom is 0.218 e. The van der Waals surface area contributed by atoms with E-state index >= 15 is 0 Å². The van der Waals surface area contributed by atoms with Crippen molar-refractivity contribution in [1.82, 2.24) is 15.2 Å². The van der Waals surface area contributed by atoms with E-state index in [0.29, 0.717) is 17.4 Å². The van der Waals surface area contributed by atoms with Crippen LogP contribution < -0.4 is 15.8 Å². The van der Waals surface area contributed by atoms with Gasteiger partial charge in [0.25, 0.3) is 0 Å². The SMILES string of the molecule is COc1nc(-c2cccc(-c3cccc(N)c3C)c2Cl)ccc1CN1CC[C@@H](NC(C)=O)C1. The Bertz CT molecular complexity index is 1180. The molecule has 0 spiro atoms. The Labute approximate surface area is 199 Å². The first kappa shape index (κ1) is 23.1. The number of amides is 1. The summed E-state index contributed by atoms with van der Waals surface area (Å²) in [6.45, 7) is 6.01. The summed E-state index contributed by atoms with van der Waals surface area (Å²) < 4.78 is 5.63. The van der Waals surface area contributed by atoms with Crippen LogP contribution >= 0.6 is 11.6 Å². The minimum Gasteiger partial charge on any atom is -0.481 e. The highest BCUT2D eigenvalue weighted by Gasteiger charge is 2.24. The number of methoxy groups -OCH3 is 1. The van der Waals surface area contributed by atoms with Gasteiger partial charge in [-0.05, 0) is 36.6 Å². The largest absolute Gasteiger partial charge is 0.481 e. The number of likely N-dealkylation sites (tertiary alicyclic amines) is 1. The Morgan fingerprint density at radius 1 is 1.18 bits per heavy atom. The highest BCUT2D eigenvalue weighted by Crippen LogP contribution is 2.38. The molecule has 0 radical (unpaired) electrons. The molecule has 0 unspecified atom stereocenters. The third-order valence-corrected chi connectivity index (χ3v) is 6.55. The third kappa shape index (κ3) is 4.97. The van der Waals surface area contributed by atoms with Crippen molar-refractivity contribution in [3.63, 3.8) is 0 Å². The van der Waals surface area contributed by atoms with Gasteiger partial charge in [0.2, 0.25) is 11.8 Å². The molecule has 4 rings (SSSR count). The second-order valence-corrected chi connectivity index (χ2v) is 8.85. The topological polar surface area (TPSA) is 80.5 Å². The van der Waals surface area contributed by atoms with E-state index in [1.54, 1.807) is 14.0 Å². The van der Waals surface area contributed by atoms with Crippen molar-refractivity contribution >= 4 is 23.2 Å². The van der Waals surface area contributed by atoms with E-state index in [1.807, 2.05) is 55.5 Å². The first-order valence-corrected chi connectivity index (χ1v) is 11.4. The first-order chi connectivity index (χ1) is 15.9. The first-order valence-electron chi connectivity index (χ1n) is 11.0. The maximum atomic E-state index is 11.3. The van der Waals surface area contributed by atoms with Crippen LogP contribution in [0.1, 0.15) is 24.5 Å². The summed E-state index contributed by atoms with van der Waals surface area (Å²) in [5, 5.41) is 3.63. The third-order valence-electron chi connectivity index (χ3n) is 6.15. The Balaban J connectivity index is 1.61. The molecule has 6 nitrogen and oxygen atoms in total. The predicted octanol–water partition coefficient (Wildman–Crippen LogP) is 4.68. The summed E-state index contributed by atoms with van der Waals surface area (Å²) in [4.78, 5) is 18.4. The molecule has 2 heterocycles. The second kappa shape index (κ2) is 9.81. The summed E-state index contributed by atoms with van der Waals surface area (Å²) in [5.41, 5.74) is 12.4. The Kier molecular flexibility index (Phi) is 6.86. The average Bonchev–Trinajstić information content (AvgIpc) is 3.22. The van der Waals surface area contributed by atoms with Crippen LogP contribution in [-0.2, 0) is 11.3 Å². The van der Waals surface area contributed by atoms with Gasteiger partial charge in [-0.15, -0.1) is 0 Å². The number of nitrogen functional groups attached to an aromatic ring is 1. The molecule has 172 valence electrons. The molecule has 2 aromatic carbocycles. The minimum atomic E-state index is 0.0120. The van der Waals surface area contributed by atoms with Gasteiger partial charge in [0.15, 0.2) is 0 Å². The van der Waals surface area contributed by atoms with Crippen LogP contribution in [0.3, 0.4) is 0 Å². The lowest BCUT2D eigenvalue weighted by atomic mass is 9.96. The summed E-state index contributed by atoms with van der Waals surface area (Å²) in [7, 11) is 1.63. The molecule has 1 aliphatic heterocycles. The Morgan fingerprint density at radius 3 is 2.67 bits per heavy atom. The molecular weight excluding hydrogens is 436 g/mol. The van der Waals surface area contributed by atoms with Crippen molar-refractivity contribution in [2.24, 2.45) is 0 Å². The molecule has 1 fully saturated rings. The van der Waals surface area contributed by atoms with Gasteiger partial charge in [-0.2, -0.15) is 0 Å². The maximum absolute atomic E-state index is 11.3. The van der Waals surface area contributed by atoms with Crippen LogP contribution in [0, 0.1) is 6.92 Å². The van der Waals surface area contributed by atoms with Crippen LogP contribution in [0.25, 0.3) is 22.4 Å². The highest BCUT2D eigenvalue weighted by molar-refractivity contribution is 6.36. The van der Waals surface area contributed by atoms with E-state index in [2.05, 4.69) is 10.2 Å². The molecule has 0 bridgehead atoms. The number of halogens is 1. The number of rotatable bonds is 6. The van der Waals surface area contributed by atoms with Crippen molar-refractivity contribution in [2.75, 3.05) is 25.9 Å². The van der Waals surface area contributed by atoms with Crippen molar-refractivity contribution in [2.45, 2.75) is 32.9 Å². The number of hydrogen-bond acceptors (Lipinski definition) is 5. The molecule has 1 atom stereocenters. The molecule has 3 aromatic rings. The number of carbonyl (C=O) groups excluding carboxylic acids is 1. The minimum absolute atomic E-state index is 0.0120. The van der Waals surface area contributed by atoms with Gasteiger partial charge in [-0.1, -0.05) is 48.0 Å². The standard InChI is InChI=1S/C26H29ClN4O2/c1-16-20(6-5-9-23(16)28)21-7-4-8-22(25(21)27)24-11-10-18(26(30-24)33-3)14-31-13-12-19(15-31)29-17(2)32/h4-11,19H,12-15,28H2,1-3H3,(H,29,32)/t19-/m1/s1. The highest BCUT2D eigenvalue weighted by atomic mass is 35.5. The molecule has 1 aliphatic rings. The van der Waals surface area contributed by atoms with Gasteiger partial charge < -0.3 is 15.8 Å². The number of aromatic nitrogens is 1. The monoisotopic (exact) mass is 464 g/mol. The number of nitrogens with one attached hydrogen (secondary N) is 1. The van der Waals surface area contributed by atoms with Gasteiger partial charge in [0, 0.05) is 55.0 Å². The Morgan fingerprint density at radius 2 is 1.91 bits per heavy atom. The number of carbonyl (C=O) groups is 1. The summed E-state index contributed by atoms with van der Waals surface area (Å²) in [5.74, 6) is 0.593. The zero-order valence-corrected chi connectivity index (χ0v) is 19.9. The van der Waals surface area contributed by atoms with Gasteiger partial charge in [-0.25, -0.2) is 4.98 Å². The quantitative estimate of drug-likeness (QED) is 0.518. The molecule has 1 amide bonds. The van der Waals surface area contributed by atoms with E-state index in [-0.39, 0.29) is 11.9 Å². The van der Waals surface area contributed by atoms with Crippen molar-refractivity contribution < 1.29 is 9.53 Å². The van der Waals surface area contributed by atoms with E-state index < -0.39 is 0 Å². The van der Waals surface area contributed by atoms with Crippen LogP contribution in [-0.4, -0.2) is 42.0 Å². The van der Waals surface area contributed by atoms with Gasteiger partial charge >= 0.3 is 0 Å².